The average molecular weight is 501 g/mol. The summed E-state index contributed by atoms with van der Waals surface area (Å²) in [5, 5.41) is 19.5. The van der Waals surface area contributed by atoms with Gasteiger partial charge in [-0.1, -0.05) is 12.1 Å². The molecule has 0 unspecified atom stereocenters. The minimum atomic E-state index is -0.970. The van der Waals surface area contributed by atoms with E-state index in [0.717, 1.165) is 61.1 Å². The van der Waals surface area contributed by atoms with Crippen LogP contribution in [0.15, 0.2) is 49.1 Å². The summed E-state index contributed by atoms with van der Waals surface area (Å²) >= 11 is 0. The van der Waals surface area contributed by atoms with E-state index in [1.807, 2.05) is 35.4 Å². The quantitative estimate of drug-likeness (QED) is 0.432. The molecular weight excluding hydrogens is 468 g/mol. The molecule has 3 aromatic heterocycles. The average Bonchev–Trinajstić information content (AvgIpc) is 3.55. The summed E-state index contributed by atoms with van der Waals surface area (Å²) < 4.78 is 3.90. The minimum Gasteiger partial charge on any atom is -0.386 e. The number of rotatable bonds is 5. The largest absolute Gasteiger partial charge is 0.386 e. The predicted molar refractivity (Wildman–Crippen MR) is 139 cm³/mol. The molecule has 10 heteroatoms. The number of hydrogen-bond acceptors (Lipinski definition) is 7. The highest BCUT2D eigenvalue weighted by Gasteiger charge is 2.31. The molecular formula is C27H32N8O2. The zero-order chi connectivity index (χ0) is 25.6. The van der Waals surface area contributed by atoms with Gasteiger partial charge < -0.3 is 19.9 Å². The Morgan fingerprint density at radius 3 is 2.73 bits per heavy atom. The molecule has 2 aliphatic rings. The minimum absolute atomic E-state index is 0.0622. The van der Waals surface area contributed by atoms with Gasteiger partial charge in [-0.05, 0) is 51.2 Å². The molecule has 4 heterocycles. The number of imidazole rings is 1. The molecule has 0 atom stereocenters. The molecule has 0 spiro atoms. The summed E-state index contributed by atoms with van der Waals surface area (Å²) in [7, 11) is 0. The Hall–Kier alpha value is -3.79. The lowest BCUT2D eigenvalue weighted by Gasteiger charge is -2.34. The Kier molecular flexibility index (Phi) is 5.91. The van der Waals surface area contributed by atoms with E-state index in [-0.39, 0.29) is 17.9 Å². The maximum absolute atomic E-state index is 13.1. The second-order valence-electron chi connectivity index (χ2n) is 10.6. The molecule has 4 aromatic rings. The Morgan fingerprint density at radius 1 is 1.08 bits per heavy atom. The summed E-state index contributed by atoms with van der Waals surface area (Å²) in [6, 6.07) is 7.86. The zero-order valence-electron chi connectivity index (χ0n) is 21.2. The monoisotopic (exact) mass is 500 g/mol. The van der Waals surface area contributed by atoms with Crippen molar-refractivity contribution in [2.75, 3.05) is 11.9 Å². The topological polar surface area (TPSA) is 114 Å². The Labute approximate surface area is 215 Å². The third-order valence-electron chi connectivity index (χ3n) is 7.60. The smallest absolute Gasteiger partial charge is 0.226 e. The van der Waals surface area contributed by atoms with Gasteiger partial charge in [0.1, 0.15) is 5.82 Å². The first-order valence-electron chi connectivity index (χ1n) is 12.9. The van der Waals surface area contributed by atoms with Gasteiger partial charge in [0.05, 0.1) is 23.9 Å². The Morgan fingerprint density at radius 2 is 1.92 bits per heavy atom. The van der Waals surface area contributed by atoms with Gasteiger partial charge in [0.2, 0.25) is 11.9 Å². The van der Waals surface area contributed by atoms with Crippen LogP contribution in [0.5, 0.6) is 0 Å². The summed E-state index contributed by atoms with van der Waals surface area (Å²) in [6.07, 6.45) is 10.8. The molecule has 37 heavy (non-hydrogen) atoms. The lowest BCUT2D eigenvalue weighted by molar-refractivity contribution is -0.138. The molecule has 1 aliphatic carbocycles. The third-order valence-corrected chi connectivity index (χ3v) is 7.60. The highest BCUT2D eigenvalue weighted by molar-refractivity contribution is 5.84. The number of nitrogens with zero attached hydrogens (tertiary/aromatic N) is 7. The summed E-state index contributed by atoms with van der Waals surface area (Å²) in [6.45, 7) is 5.71. The number of amides is 1. The maximum atomic E-state index is 13.1. The van der Waals surface area contributed by atoms with Crippen molar-refractivity contribution >= 4 is 22.8 Å². The standard InChI is InChI=1S/C27H32N8O2/c1-27(2,37)21-4-3-5-22-20(21)16-30-35(22)23-10-11-29-26(32-23)31-19-8-6-18(7-9-19)25(36)34-15-14-33-13-12-28-24(33)17-34/h3-5,10-13,16,18-19,37H,6-9,14-15,17H2,1-2H3,(H,29,31,32). The van der Waals surface area contributed by atoms with Gasteiger partial charge in [0.15, 0.2) is 5.82 Å². The first-order valence-corrected chi connectivity index (χ1v) is 12.9. The van der Waals surface area contributed by atoms with E-state index in [1.54, 1.807) is 37.1 Å². The number of anilines is 1. The summed E-state index contributed by atoms with van der Waals surface area (Å²) in [5.74, 6) is 2.49. The van der Waals surface area contributed by atoms with Gasteiger partial charge in [-0.25, -0.2) is 14.6 Å². The molecule has 1 saturated carbocycles. The molecule has 0 saturated heterocycles. The molecule has 0 radical (unpaired) electrons. The molecule has 1 aromatic carbocycles. The van der Waals surface area contributed by atoms with E-state index in [1.165, 1.54) is 0 Å². The number of hydrogen-bond donors (Lipinski definition) is 2. The van der Waals surface area contributed by atoms with Gasteiger partial charge in [0.25, 0.3) is 0 Å². The van der Waals surface area contributed by atoms with Gasteiger partial charge in [-0.3, -0.25) is 4.79 Å². The fraction of sp³-hybridized carbons (Fsp3) is 0.444. The maximum Gasteiger partial charge on any atom is 0.226 e. The van der Waals surface area contributed by atoms with Crippen LogP contribution >= 0.6 is 0 Å². The number of aromatic nitrogens is 6. The third kappa shape index (κ3) is 4.57. The van der Waals surface area contributed by atoms with Gasteiger partial charge in [-0.2, -0.15) is 10.1 Å². The second-order valence-corrected chi connectivity index (χ2v) is 10.6. The van der Waals surface area contributed by atoms with Crippen LogP contribution in [-0.2, 0) is 23.5 Å². The fourth-order valence-corrected chi connectivity index (χ4v) is 5.59. The van der Waals surface area contributed by atoms with Gasteiger partial charge >= 0.3 is 0 Å². The van der Waals surface area contributed by atoms with Crippen molar-refractivity contribution < 1.29 is 9.90 Å². The lowest BCUT2D eigenvalue weighted by atomic mass is 9.85. The van der Waals surface area contributed by atoms with Crippen molar-refractivity contribution in [2.24, 2.45) is 5.92 Å². The summed E-state index contributed by atoms with van der Waals surface area (Å²) in [5.41, 5.74) is 0.732. The van der Waals surface area contributed by atoms with Crippen molar-refractivity contribution in [3.05, 3.63) is 60.4 Å². The highest BCUT2D eigenvalue weighted by Crippen LogP contribution is 2.30. The number of aliphatic hydroxyl groups is 1. The molecule has 0 bridgehead atoms. The van der Waals surface area contributed by atoms with E-state index in [0.29, 0.717) is 18.3 Å². The number of carbonyl (C=O) groups is 1. The number of benzene rings is 1. The highest BCUT2D eigenvalue weighted by atomic mass is 16.3. The van der Waals surface area contributed by atoms with E-state index >= 15 is 0 Å². The normalized spacial score (nSPS) is 20.1. The van der Waals surface area contributed by atoms with Crippen LogP contribution in [0, 0.1) is 5.92 Å². The SMILES string of the molecule is CC(C)(O)c1cccc2c1cnn2-c1ccnc(NC2CCC(C(=O)N3CCn4ccnc4C3)CC2)n1. The van der Waals surface area contributed by atoms with Crippen LogP contribution in [0.1, 0.15) is 50.9 Å². The molecule has 192 valence electrons. The first-order chi connectivity index (χ1) is 17.9. The van der Waals surface area contributed by atoms with Crippen LogP contribution in [0.3, 0.4) is 0 Å². The van der Waals surface area contributed by atoms with Crippen LogP contribution in [-0.4, -0.2) is 57.8 Å². The van der Waals surface area contributed by atoms with Crippen molar-refractivity contribution in [1.29, 1.82) is 0 Å². The Balaban J connectivity index is 1.11. The molecule has 1 aliphatic heterocycles. The lowest BCUT2D eigenvalue weighted by Crippen LogP contribution is -2.43. The zero-order valence-corrected chi connectivity index (χ0v) is 21.2. The van der Waals surface area contributed by atoms with E-state index in [9.17, 15) is 9.90 Å². The Bertz CT molecular complexity index is 1430. The molecule has 10 nitrogen and oxygen atoms in total. The van der Waals surface area contributed by atoms with Crippen molar-refractivity contribution in [2.45, 2.75) is 64.3 Å². The van der Waals surface area contributed by atoms with E-state index in [4.69, 9.17) is 4.98 Å². The number of nitrogens with one attached hydrogen (secondary N) is 1. The van der Waals surface area contributed by atoms with E-state index < -0.39 is 5.60 Å². The van der Waals surface area contributed by atoms with Crippen molar-refractivity contribution in [1.82, 2.24) is 34.2 Å². The van der Waals surface area contributed by atoms with Crippen LogP contribution in [0.4, 0.5) is 5.95 Å². The molecule has 2 N–H and O–H groups in total. The van der Waals surface area contributed by atoms with Gasteiger partial charge in [0, 0.05) is 55.1 Å². The number of carbonyl (C=O) groups excluding carboxylic acids is 1. The molecule has 1 amide bonds. The molecule has 1 fully saturated rings. The predicted octanol–water partition coefficient (Wildman–Crippen LogP) is 3.25. The van der Waals surface area contributed by atoms with Crippen LogP contribution in [0.25, 0.3) is 16.7 Å². The molecule has 6 rings (SSSR count). The first kappa shape index (κ1) is 23.6. The van der Waals surface area contributed by atoms with Crippen LogP contribution in [0.2, 0.25) is 0 Å². The second kappa shape index (κ2) is 9.26. The van der Waals surface area contributed by atoms with E-state index in [2.05, 4.69) is 25.0 Å². The number of fused-ring (bicyclic) bond motifs is 2. The summed E-state index contributed by atoms with van der Waals surface area (Å²) in [4.78, 5) is 28.6. The van der Waals surface area contributed by atoms with Gasteiger partial charge in [-0.15, -0.1) is 0 Å². The van der Waals surface area contributed by atoms with Crippen LogP contribution < -0.4 is 5.32 Å². The fourth-order valence-electron chi connectivity index (χ4n) is 5.59. The van der Waals surface area contributed by atoms with Crippen molar-refractivity contribution in [3.8, 4) is 5.82 Å². The van der Waals surface area contributed by atoms with Crippen molar-refractivity contribution in [3.63, 3.8) is 0 Å².